The van der Waals surface area contributed by atoms with Crippen LogP contribution in [0.4, 0.5) is 4.39 Å². The zero-order valence-corrected chi connectivity index (χ0v) is 46.8. The number of aliphatic hydroxyl groups is 1. The average Bonchev–Trinajstić information content (AvgIpc) is 3.32. The SMILES string of the molecule is CC[C@@]1(O)C(=O)OCc2c1cc1n(c2=O)Cc2c-1nc1cc(F)c(C)c3c1c2[C@@H](NC(=O)CCCNC(=O)[C@H](Cc1ccccc1)NC(=O)CNC(=O)CNC(=O)[C@@H](NC(=O)CCCCCN1C(=O)C=CC1=O)C(C(=O)O)C(C)(C)C)CC3. The van der Waals surface area contributed by atoms with Gasteiger partial charge in [0.15, 0.2) is 5.60 Å². The van der Waals surface area contributed by atoms with Gasteiger partial charge in [-0.25, -0.2) is 14.2 Å². The number of nitrogens with one attached hydrogen (secondary N) is 6. The molecule has 83 heavy (non-hydrogen) atoms. The standard InChI is InChI=1S/C59H68FN9O14/c1-6-59(82)36-25-41-51-34(29-69(41)55(78)35(36)30-83-57(59)81)49-38(19-18-33-31(2)37(60)26-39(66-51)48(33)49)64-42(70)17-13-22-61-53(76)40(24-32-14-9-7-10-15-32)65-45(73)28-62-44(72)27-63-54(77)52(50(56(79)80)58(3,4)5)67-43(71)16-11-8-12-23-68-46(74)20-21-47(68)75/h7,9-10,14-15,20-21,25-26,38,40,50,52,82H,6,8,11-13,16-19,22-24,27-30H2,1-5H3,(H,61,76)(H,62,72)(H,63,77)(H,64,70)(H,65,73)(H,67,71)(H,79,80)/t38-,40-,50?,52-,59-/m0/s1. The van der Waals surface area contributed by atoms with Gasteiger partial charge in [-0.1, -0.05) is 64.4 Å². The summed E-state index contributed by atoms with van der Waals surface area (Å²) in [7, 11) is 0. The van der Waals surface area contributed by atoms with Gasteiger partial charge in [0.25, 0.3) is 17.4 Å². The van der Waals surface area contributed by atoms with Gasteiger partial charge >= 0.3 is 11.9 Å². The molecule has 2 aromatic heterocycles. The molecule has 440 valence electrons. The second-order valence-corrected chi connectivity index (χ2v) is 22.4. The largest absolute Gasteiger partial charge is 0.481 e. The number of hydrogen-bond acceptors (Lipinski definition) is 14. The molecule has 23 nitrogen and oxygen atoms in total. The smallest absolute Gasteiger partial charge is 0.343 e. The van der Waals surface area contributed by atoms with Crippen LogP contribution in [0.2, 0.25) is 0 Å². The number of esters is 1. The van der Waals surface area contributed by atoms with Gasteiger partial charge in [0, 0.05) is 67.1 Å². The van der Waals surface area contributed by atoms with Crippen molar-refractivity contribution >= 4 is 70.1 Å². The van der Waals surface area contributed by atoms with Crippen LogP contribution in [-0.2, 0) is 84.3 Å². The van der Waals surface area contributed by atoms with E-state index in [1.165, 1.54) is 22.8 Å². The number of carboxylic acids is 1. The Hall–Kier alpha value is -8.67. The number of carbonyl (C=O) groups is 10. The maximum absolute atomic E-state index is 15.5. The molecule has 0 bridgehead atoms. The number of unbranched alkanes of at least 4 members (excludes halogenated alkanes) is 2. The predicted octanol–water partition coefficient (Wildman–Crippen LogP) is 2.20. The first kappa shape index (κ1) is 60.4. The molecule has 8 rings (SSSR count). The lowest BCUT2D eigenvalue weighted by atomic mass is 9.75. The number of benzene rings is 2. The van der Waals surface area contributed by atoms with Gasteiger partial charge in [-0.15, -0.1) is 0 Å². The van der Waals surface area contributed by atoms with Crippen LogP contribution in [-0.4, -0.2) is 122 Å². The number of pyridine rings is 2. The van der Waals surface area contributed by atoms with Crippen molar-refractivity contribution in [1.29, 1.82) is 0 Å². The van der Waals surface area contributed by atoms with Crippen molar-refractivity contribution in [2.24, 2.45) is 11.3 Å². The molecule has 1 unspecified atom stereocenters. The molecule has 3 aliphatic heterocycles. The summed E-state index contributed by atoms with van der Waals surface area (Å²) in [4.78, 5) is 149. The number of ether oxygens (including phenoxy) is 1. The Balaban J connectivity index is 0.852. The normalized spacial score (nSPS) is 17.8. The van der Waals surface area contributed by atoms with Crippen LogP contribution < -0.4 is 37.5 Å². The number of aliphatic carboxylic acids is 1. The van der Waals surface area contributed by atoms with Crippen LogP contribution in [0, 0.1) is 24.1 Å². The molecule has 4 aromatic rings. The molecule has 0 fully saturated rings. The number of carbonyl (C=O) groups excluding carboxylic acids is 9. The number of aryl methyl sites for hydroxylation is 1. The third kappa shape index (κ3) is 13.2. The summed E-state index contributed by atoms with van der Waals surface area (Å²) in [6, 6.07) is 8.38. The number of aromatic nitrogens is 2. The summed E-state index contributed by atoms with van der Waals surface area (Å²) >= 11 is 0. The number of rotatable bonds is 24. The number of carboxylic acid groups (broad SMARTS) is 1. The van der Waals surface area contributed by atoms with Crippen molar-refractivity contribution in [3.63, 3.8) is 0 Å². The van der Waals surface area contributed by atoms with Crippen LogP contribution in [0.1, 0.15) is 124 Å². The predicted molar refractivity (Wildman–Crippen MR) is 296 cm³/mol. The third-order valence-electron chi connectivity index (χ3n) is 15.7. The molecular weight excluding hydrogens is 1080 g/mol. The van der Waals surface area contributed by atoms with E-state index in [-0.39, 0.29) is 75.4 Å². The van der Waals surface area contributed by atoms with E-state index in [0.717, 1.165) is 10.5 Å². The molecule has 0 saturated heterocycles. The summed E-state index contributed by atoms with van der Waals surface area (Å²) in [6.45, 7) is 6.61. The molecule has 1 aliphatic carbocycles. The fraction of sp³-hybridized carbons (Fsp3) is 0.458. The van der Waals surface area contributed by atoms with Crippen molar-refractivity contribution in [2.75, 3.05) is 26.2 Å². The van der Waals surface area contributed by atoms with Crippen LogP contribution in [0.15, 0.2) is 59.4 Å². The van der Waals surface area contributed by atoms with Crippen LogP contribution >= 0.6 is 0 Å². The molecule has 4 aliphatic rings. The molecule has 8 N–H and O–H groups in total. The van der Waals surface area contributed by atoms with E-state index in [1.54, 1.807) is 71.0 Å². The molecule has 0 radical (unpaired) electrons. The number of amides is 8. The third-order valence-corrected chi connectivity index (χ3v) is 15.7. The van der Waals surface area contributed by atoms with Gasteiger partial charge in [-0.2, -0.15) is 0 Å². The Morgan fingerprint density at radius 3 is 2.22 bits per heavy atom. The van der Waals surface area contributed by atoms with Crippen LogP contribution in [0.25, 0.3) is 22.3 Å². The average molecular weight is 1150 g/mol. The highest BCUT2D eigenvalue weighted by atomic mass is 19.1. The van der Waals surface area contributed by atoms with E-state index in [2.05, 4.69) is 31.9 Å². The minimum Gasteiger partial charge on any atom is -0.481 e. The summed E-state index contributed by atoms with van der Waals surface area (Å²) in [5, 5.41) is 38.0. The maximum Gasteiger partial charge on any atom is 0.343 e. The summed E-state index contributed by atoms with van der Waals surface area (Å²) in [6.07, 6.45) is 4.36. The zero-order chi connectivity index (χ0) is 60.1. The molecule has 0 spiro atoms. The summed E-state index contributed by atoms with van der Waals surface area (Å²) < 4.78 is 22.2. The van der Waals surface area contributed by atoms with Crippen molar-refractivity contribution in [3.05, 3.63) is 110 Å². The van der Waals surface area contributed by atoms with Gasteiger partial charge in [0.2, 0.25) is 35.4 Å². The fourth-order valence-corrected chi connectivity index (χ4v) is 11.3. The number of hydrogen-bond donors (Lipinski definition) is 8. The first-order valence-electron chi connectivity index (χ1n) is 27.7. The number of imide groups is 1. The van der Waals surface area contributed by atoms with E-state index in [9.17, 15) is 63.0 Å². The van der Waals surface area contributed by atoms with Crippen molar-refractivity contribution in [2.45, 2.75) is 136 Å². The first-order valence-corrected chi connectivity index (χ1v) is 27.7. The zero-order valence-electron chi connectivity index (χ0n) is 46.8. The van der Waals surface area contributed by atoms with E-state index in [1.807, 2.05) is 0 Å². The van der Waals surface area contributed by atoms with E-state index < -0.39 is 113 Å². The van der Waals surface area contributed by atoms with Crippen molar-refractivity contribution in [3.8, 4) is 11.4 Å². The number of cyclic esters (lactones) is 1. The summed E-state index contributed by atoms with van der Waals surface area (Å²) in [5.41, 5.74) is 0.919. The van der Waals surface area contributed by atoms with Crippen molar-refractivity contribution < 1.29 is 67.3 Å². The highest BCUT2D eigenvalue weighted by Crippen LogP contribution is 2.46. The van der Waals surface area contributed by atoms with Gasteiger partial charge in [0.05, 0.1) is 54.1 Å². The lowest BCUT2D eigenvalue weighted by Crippen LogP contribution is -2.57. The van der Waals surface area contributed by atoms with Gasteiger partial charge in [-0.3, -0.25) is 52.8 Å². The van der Waals surface area contributed by atoms with Crippen LogP contribution in [0.3, 0.4) is 0 Å². The Labute approximate surface area is 476 Å². The molecule has 5 atom stereocenters. The molecule has 8 amide bonds. The Bertz CT molecular complexity index is 3390. The molecule has 2 aromatic carbocycles. The lowest BCUT2D eigenvalue weighted by Gasteiger charge is -2.33. The minimum atomic E-state index is -2.06. The minimum absolute atomic E-state index is 0.0205. The lowest BCUT2D eigenvalue weighted by molar-refractivity contribution is -0.172. The first-order chi connectivity index (χ1) is 39.4. The highest BCUT2D eigenvalue weighted by molar-refractivity contribution is 6.12. The maximum atomic E-state index is 15.5. The molecule has 24 heteroatoms. The second-order valence-electron chi connectivity index (χ2n) is 22.4. The molecule has 5 heterocycles. The van der Waals surface area contributed by atoms with Gasteiger partial charge in [-0.05, 0) is 79.2 Å². The monoisotopic (exact) mass is 1150 g/mol. The van der Waals surface area contributed by atoms with E-state index in [0.29, 0.717) is 76.6 Å². The quantitative estimate of drug-likeness (QED) is 0.0250. The van der Waals surface area contributed by atoms with Gasteiger partial charge < -0.3 is 51.4 Å². The molecular formula is C59H68FN9O14. The van der Waals surface area contributed by atoms with Crippen molar-refractivity contribution in [1.82, 2.24) is 46.4 Å². The summed E-state index contributed by atoms with van der Waals surface area (Å²) in [5.74, 6) is -9.12. The Morgan fingerprint density at radius 1 is 0.831 bits per heavy atom. The van der Waals surface area contributed by atoms with Gasteiger partial charge in [0.1, 0.15) is 24.5 Å². The van der Waals surface area contributed by atoms with E-state index in [4.69, 9.17) is 9.72 Å². The topological polar surface area (TPSA) is 331 Å². The fourth-order valence-electron chi connectivity index (χ4n) is 11.3. The van der Waals surface area contributed by atoms with Crippen LogP contribution in [0.5, 0.6) is 0 Å². The molecule has 0 saturated carbocycles. The second kappa shape index (κ2) is 25.2. The van der Waals surface area contributed by atoms with E-state index >= 15 is 4.39 Å². The highest BCUT2D eigenvalue weighted by Gasteiger charge is 2.47. The Kier molecular flexibility index (Phi) is 18.4. The number of nitrogens with zero attached hydrogens (tertiary/aromatic N) is 3. The Morgan fingerprint density at radius 2 is 1.53 bits per heavy atom. The number of fused-ring (bicyclic) bond motifs is 5. The number of halogens is 1.